The Bertz CT molecular complexity index is 933. The van der Waals surface area contributed by atoms with E-state index in [2.05, 4.69) is 24.1 Å². The van der Waals surface area contributed by atoms with Crippen molar-refractivity contribution >= 4 is 29.4 Å². The van der Waals surface area contributed by atoms with Crippen LogP contribution in [0.5, 0.6) is 0 Å². The molecule has 4 fully saturated rings. The molecule has 232 valence electrons. The van der Waals surface area contributed by atoms with E-state index in [4.69, 9.17) is 30.8 Å². The van der Waals surface area contributed by atoms with E-state index in [-0.39, 0.29) is 60.2 Å². The molecule has 9 nitrogen and oxygen atoms in total. The molecule has 2 aliphatic heterocycles. The maximum atomic E-state index is 14.6. The fourth-order valence-electron chi connectivity index (χ4n) is 8.11. The number of rotatable bonds is 7. The van der Waals surface area contributed by atoms with Gasteiger partial charge in [0, 0.05) is 45.0 Å². The highest BCUT2D eigenvalue weighted by Gasteiger charge is 2.52. The van der Waals surface area contributed by atoms with Crippen LogP contribution in [0.1, 0.15) is 84.5 Å². The Morgan fingerprint density at radius 3 is 2.24 bits per heavy atom. The summed E-state index contributed by atoms with van der Waals surface area (Å²) in [5.41, 5.74) is 0. The number of ether oxygens (including phenoxy) is 3. The number of amides is 3. The molecule has 0 aromatic carbocycles. The first-order valence-corrected chi connectivity index (χ1v) is 16.5. The number of nitrogens with one attached hydrogen (secondary N) is 1. The average Bonchev–Trinajstić information content (AvgIpc) is 3.37. The summed E-state index contributed by atoms with van der Waals surface area (Å²) in [6.07, 6.45) is 11.1. The number of alkyl halides is 1. The SMILES string of the molecule is COC1CCC([C@@H]2N=C(C3CCC(OC)CC3OC(C)C)N(C(=O)N3CCNC(=O)C3)[C@@H]2C2CCC(Cl)CC2)CC1. The first kappa shape index (κ1) is 31.0. The number of halogens is 1. The summed E-state index contributed by atoms with van der Waals surface area (Å²) >= 11 is 6.58. The van der Waals surface area contributed by atoms with Crippen LogP contribution >= 0.6 is 11.6 Å². The van der Waals surface area contributed by atoms with Gasteiger partial charge in [-0.1, -0.05) is 0 Å². The van der Waals surface area contributed by atoms with Crippen LogP contribution in [0.25, 0.3) is 0 Å². The van der Waals surface area contributed by atoms with Crippen LogP contribution in [0.3, 0.4) is 0 Å². The van der Waals surface area contributed by atoms with Crippen LogP contribution in [0.15, 0.2) is 4.99 Å². The smallest absolute Gasteiger partial charge is 0.326 e. The van der Waals surface area contributed by atoms with Gasteiger partial charge in [0.25, 0.3) is 0 Å². The molecular formula is C31H51ClN4O5. The van der Waals surface area contributed by atoms with Crippen molar-refractivity contribution in [3.8, 4) is 0 Å². The van der Waals surface area contributed by atoms with Gasteiger partial charge >= 0.3 is 6.03 Å². The van der Waals surface area contributed by atoms with Crippen LogP contribution in [-0.2, 0) is 19.0 Å². The predicted octanol–water partition coefficient (Wildman–Crippen LogP) is 4.60. The molecular weight excluding hydrogens is 544 g/mol. The molecule has 2 heterocycles. The zero-order valence-electron chi connectivity index (χ0n) is 25.4. The Morgan fingerprint density at radius 1 is 0.951 bits per heavy atom. The number of piperazine rings is 1. The molecule has 3 saturated carbocycles. The van der Waals surface area contributed by atoms with Crippen molar-refractivity contribution in [3.63, 3.8) is 0 Å². The second kappa shape index (κ2) is 13.9. The van der Waals surface area contributed by atoms with E-state index in [1.54, 1.807) is 12.0 Å². The Balaban J connectivity index is 1.52. The number of methoxy groups -OCH3 is 2. The van der Waals surface area contributed by atoms with Gasteiger partial charge in [-0.3, -0.25) is 14.7 Å². The molecule has 41 heavy (non-hydrogen) atoms. The molecule has 1 N–H and O–H groups in total. The monoisotopic (exact) mass is 594 g/mol. The molecule has 5 atom stereocenters. The van der Waals surface area contributed by atoms with Gasteiger partial charge in [0.2, 0.25) is 5.91 Å². The summed E-state index contributed by atoms with van der Waals surface area (Å²) in [6, 6.07) is -0.0421. The second-order valence-electron chi connectivity index (χ2n) is 13.2. The first-order valence-electron chi connectivity index (χ1n) is 16.1. The number of hydrogen-bond donors (Lipinski definition) is 1. The van der Waals surface area contributed by atoms with E-state index in [1.807, 2.05) is 7.11 Å². The lowest BCUT2D eigenvalue weighted by molar-refractivity contribution is -0.123. The van der Waals surface area contributed by atoms with Gasteiger partial charge in [0.1, 0.15) is 12.4 Å². The molecule has 3 amide bonds. The number of urea groups is 1. The molecule has 0 bridgehead atoms. The predicted molar refractivity (Wildman–Crippen MR) is 159 cm³/mol. The molecule has 5 aliphatic rings. The number of nitrogens with zero attached hydrogens (tertiary/aromatic N) is 3. The van der Waals surface area contributed by atoms with Crippen molar-refractivity contribution in [1.82, 2.24) is 15.1 Å². The third-order valence-electron chi connectivity index (χ3n) is 10.3. The van der Waals surface area contributed by atoms with Crippen molar-refractivity contribution in [1.29, 1.82) is 0 Å². The van der Waals surface area contributed by atoms with Crippen LogP contribution in [-0.4, -0.2) is 103 Å². The van der Waals surface area contributed by atoms with Gasteiger partial charge in [-0.05, 0) is 89.9 Å². The number of carbonyl (C=O) groups is 2. The Hall–Kier alpha value is -1.42. The highest BCUT2D eigenvalue weighted by atomic mass is 35.5. The summed E-state index contributed by atoms with van der Waals surface area (Å²) in [4.78, 5) is 36.4. The minimum absolute atomic E-state index is 0.0125. The first-order chi connectivity index (χ1) is 19.8. The van der Waals surface area contributed by atoms with E-state index >= 15 is 0 Å². The van der Waals surface area contributed by atoms with E-state index < -0.39 is 0 Å². The van der Waals surface area contributed by atoms with E-state index in [9.17, 15) is 9.59 Å². The van der Waals surface area contributed by atoms with E-state index in [0.29, 0.717) is 31.0 Å². The van der Waals surface area contributed by atoms with Crippen molar-refractivity contribution in [2.45, 2.75) is 126 Å². The number of hydrogen-bond acceptors (Lipinski definition) is 6. The van der Waals surface area contributed by atoms with Crippen LogP contribution < -0.4 is 5.32 Å². The summed E-state index contributed by atoms with van der Waals surface area (Å²) in [7, 11) is 3.59. The fourth-order valence-corrected chi connectivity index (χ4v) is 8.36. The molecule has 10 heteroatoms. The highest BCUT2D eigenvalue weighted by Crippen LogP contribution is 2.45. The second-order valence-corrected chi connectivity index (χ2v) is 13.8. The fraction of sp³-hybridized carbons (Fsp3) is 0.903. The number of carbonyl (C=O) groups excluding carboxylic acids is 2. The van der Waals surface area contributed by atoms with Crippen LogP contribution in [0.4, 0.5) is 4.79 Å². The van der Waals surface area contributed by atoms with Gasteiger partial charge in [-0.25, -0.2) is 4.79 Å². The third kappa shape index (κ3) is 7.05. The Labute approximate surface area is 251 Å². The lowest BCUT2D eigenvalue weighted by Gasteiger charge is -2.44. The molecule has 0 aromatic heterocycles. The standard InChI is InChI=1S/C31H51ClN4O5/c1-19(2)41-26-17-24(40-4)13-14-25(26)30-34-28(20-7-11-23(39-3)12-8-20)29(21-5-9-22(32)10-6-21)36(30)31(38)35-16-15-33-27(37)18-35/h19-26,28-29H,5-18H2,1-4H3,(H,33,37)/t20?,21?,22?,23?,24?,25?,26?,28-,29+/m0/s1. The zero-order chi connectivity index (χ0) is 29.1. The lowest BCUT2D eigenvalue weighted by atomic mass is 9.73. The van der Waals surface area contributed by atoms with Crippen molar-refractivity contribution in [2.24, 2.45) is 22.7 Å². The van der Waals surface area contributed by atoms with Gasteiger partial charge in [0.15, 0.2) is 0 Å². The quantitative estimate of drug-likeness (QED) is 0.435. The van der Waals surface area contributed by atoms with Crippen molar-refractivity contribution in [3.05, 3.63) is 0 Å². The number of aliphatic imine (C=N–C) groups is 1. The van der Waals surface area contributed by atoms with E-state index in [1.165, 1.54) is 0 Å². The third-order valence-corrected chi connectivity index (χ3v) is 10.7. The normalized spacial score (nSPS) is 38.6. The summed E-state index contributed by atoms with van der Waals surface area (Å²) in [6.45, 7) is 5.24. The average molecular weight is 595 g/mol. The summed E-state index contributed by atoms with van der Waals surface area (Å²) in [5, 5.41) is 3.08. The highest BCUT2D eigenvalue weighted by molar-refractivity contribution is 6.20. The maximum Gasteiger partial charge on any atom is 0.326 e. The number of amidine groups is 1. The molecule has 0 radical (unpaired) electrons. The molecule has 5 rings (SSSR count). The van der Waals surface area contributed by atoms with Crippen molar-refractivity contribution < 1.29 is 23.8 Å². The van der Waals surface area contributed by atoms with Gasteiger partial charge in [-0.15, -0.1) is 11.6 Å². The Kier molecular flexibility index (Phi) is 10.5. The minimum atomic E-state index is -0.0995. The Morgan fingerprint density at radius 2 is 1.61 bits per heavy atom. The topological polar surface area (TPSA) is 92.7 Å². The maximum absolute atomic E-state index is 14.6. The molecule has 3 unspecified atom stereocenters. The van der Waals surface area contributed by atoms with Gasteiger partial charge < -0.3 is 24.4 Å². The van der Waals surface area contributed by atoms with Crippen LogP contribution in [0, 0.1) is 17.8 Å². The zero-order valence-corrected chi connectivity index (χ0v) is 26.2. The molecule has 0 aromatic rings. The molecule has 0 spiro atoms. The minimum Gasteiger partial charge on any atom is -0.381 e. The van der Waals surface area contributed by atoms with E-state index in [0.717, 1.165) is 76.5 Å². The van der Waals surface area contributed by atoms with Crippen molar-refractivity contribution in [2.75, 3.05) is 33.9 Å². The van der Waals surface area contributed by atoms with Crippen LogP contribution in [0.2, 0.25) is 0 Å². The molecule has 3 aliphatic carbocycles. The molecule has 1 saturated heterocycles. The summed E-state index contributed by atoms with van der Waals surface area (Å²) in [5.74, 6) is 1.53. The summed E-state index contributed by atoms with van der Waals surface area (Å²) < 4.78 is 18.0. The van der Waals surface area contributed by atoms with Gasteiger partial charge in [0.05, 0.1) is 36.5 Å². The van der Waals surface area contributed by atoms with Gasteiger partial charge in [-0.2, -0.15) is 0 Å². The largest absolute Gasteiger partial charge is 0.381 e. The lowest BCUT2D eigenvalue weighted by Crippen LogP contribution is -2.60.